The van der Waals surface area contributed by atoms with Crippen molar-refractivity contribution in [2.45, 2.75) is 157 Å². The van der Waals surface area contributed by atoms with E-state index in [1.165, 1.54) is 79.9 Å². The van der Waals surface area contributed by atoms with Crippen LogP contribution < -0.4 is 71.0 Å². The number of halogens is 2. The van der Waals surface area contributed by atoms with Crippen molar-refractivity contribution < 1.29 is 121 Å². The van der Waals surface area contributed by atoms with Crippen molar-refractivity contribution in [2.75, 3.05) is 53.2 Å². The predicted octanol–water partition coefficient (Wildman–Crippen LogP) is 6.83. The van der Waals surface area contributed by atoms with E-state index in [0.29, 0.717) is 6.42 Å². The van der Waals surface area contributed by atoms with Gasteiger partial charge in [0.2, 0.25) is 53.4 Å². The third-order valence-electron chi connectivity index (χ3n) is 19.5. The van der Waals surface area contributed by atoms with Crippen LogP contribution >= 0.6 is 23.2 Å². The molecule has 0 aromatic heterocycles. The smallest absolute Gasteiger partial charge is 0.410 e. The van der Waals surface area contributed by atoms with E-state index < -0.39 is 197 Å². The van der Waals surface area contributed by atoms with Crippen LogP contribution in [0.15, 0.2) is 142 Å². The van der Waals surface area contributed by atoms with E-state index in [4.69, 9.17) is 65.8 Å². The van der Waals surface area contributed by atoms with Gasteiger partial charge in [0.1, 0.15) is 135 Å². The maximum Gasteiger partial charge on any atom is 0.410 e. The molecule has 11 bridgehead atoms. The number of esters is 1. The molecular weight excluding hydrogens is 1610 g/mol. The Bertz CT molecular complexity index is 4640. The zero-order valence-corrected chi connectivity index (χ0v) is 67.8. The van der Waals surface area contributed by atoms with E-state index >= 15 is 24.0 Å². The van der Waals surface area contributed by atoms with Gasteiger partial charge in [0.15, 0.2) is 17.5 Å². The van der Waals surface area contributed by atoms with E-state index in [9.17, 15) is 54.6 Å². The van der Waals surface area contributed by atoms with E-state index in [1.807, 2.05) is 0 Å². The van der Waals surface area contributed by atoms with Gasteiger partial charge < -0.3 is 110 Å². The lowest BCUT2D eigenvalue weighted by Gasteiger charge is -2.39. The number of carbonyl (C=O) groups is 10. The van der Waals surface area contributed by atoms with E-state index in [-0.39, 0.29) is 107 Å². The summed E-state index contributed by atoms with van der Waals surface area (Å²) in [7, 11) is 1.24. The SMILES string of the molecule is C=CCOC(=O)C1NC(=O)[C@H]2NC(=O)[C@H](NC(=O)C3NC(=O)C(CC(=O)NC(=O)NCCCCCCCC)NC(=O)C(NC(=O)[C@@H](CC(C)C)N(C)C(=O)OCC=C)[C@H](O)c4ccc(c(Cl)c4)Oc4cc3cc(c4O[C@@H]3O[C@H](CO)[C@@H](O)[C@H](O)[C@H]3O)Oc3ccc(cc3Cl)[C@H]2O)c2ccc(OCC=C)c(c2)-c2c(OCC=C)cc(OCC=C)cc21. The van der Waals surface area contributed by atoms with Crippen LogP contribution in [-0.4, -0.2) is 203 Å². The quantitative estimate of drug-likeness (QED) is 0.0123. The summed E-state index contributed by atoms with van der Waals surface area (Å²) in [6.07, 6.45) is -4.99. The highest BCUT2D eigenvalue weighted by Gasteiger charge is 2.48. The Labute approximate surface area is 701 Å². The molecule has 4 unspecified atom stereocenters. The van der Waals surface area contributed by atoms with Crippen molar-refractivity contribution in [3.63, 3.8) is 0 Å². The summed E-state index contributed by atoms with van der Waals surface area (Å²) in [4.78, 5) is 152. The van der Waals surface area contributed by atoms with Crippen LogP contribution in [0.4, 0.5) is 9.59 Å². The summed E-state index contributed by atoms with van der Waals surface area (Å²) in [5, 5.41) is 89.0. The first-order valence-corrected chi connectivity index (χ1v) is 39.4. The minimum atomic E-state index is -2.40. The number of urea groups is 1. The molecule has 6 heterocycles. The fourth-order valence-electron chi connectivity index (χ4n) is 13.4. The lowest BCUT2D eigenvalue weighted by molar-refractivity contribution is -0.277. The summed E-state index contributed by atoms with van der Waals surface area (Å²) < 4.78 is 55.2. The number of hydrogen-bond acceptors (Lipinski definition) is 25. The van der Waals surface area contributed by atoms with Crippen molar-refractivity contribution in [3.05, 3.63) is 180 Å². The van der Waals surface area contributed by atoms with Gasteiger partial charge in [-0.1, -0.05) is 158 Å². The molecule has 1 saturated heterocycles. The first-order chi connectivity index (χ1) is 57.5. The third-order valence-corrected chi connectivity index (χ3v) is 20.1. The molecule has 0 saturated carbocycles. The summed E-state index contributed by atoms with van der Waals surface area (Å²) in [6, 6.07) is -0.0326. The number of benzene rings is 5. The number of nitrogens with one attached hydrogen (secondary N) is 8. The number of aliphatic hydroxyl groups is 6. The predicted molar refractivity (Wildman–Crippen MR) is 434 cm³/mol. The van der Waals surface area contributed by atoms with E-state index in [0.717, 1.165) is 73.4 Å². The zero-order valence-electron chi connectivity index (χ0n) is 66.3. The number of fused-ring (bicyclic) bond motifs is 15. The van der Waals surface area contributed by atoms with Crippen LogP contribution in [0, 0.1) is 5.92 Å². The normalized spacial score (nSPS) is 22.3. The molecule has 14 atom stereocenters. The molecule has 36 heteroatoms. The molecule has 10 amide bonds. The molecule has 6 aliphatic heterocycles. The van der Waals surface area contributed by atoms with Crippen LogP contribution in [0.1, 0.15) is 130 Å². The van der Waals surface area contributed by atoms with E-state index in [1.54, 1.807) is 13.8 Å². The lowest BCUT2D eigenvalue weighted by atomic mass is 9.89. The Hall–Kier alpha value is -11.6. The van der Waals surface area contributed by atoms with Crippen molar-refractivity contribution in [3.8, 4) is 57.1 Å². The number of imide groups is 1. The molecule has 6 aliphatic rings. The summed E-state index contributed by atoms with van der Waals surface area (Å²) in [5.74, 6) is -13.6. The van der Waals surface area contributed by atoms with Gasteiger partial charge >= 0.3 is 18.1 Å². The van der Waals surface area contributed by atoms with Crippen LogP contribution in [0.3, 0.4) is 0 Å². The Morgan fingerprint density at radius 1 is 0.600 bits per heavy atom. The van der Waals surface area contributed by atoms with Gasteiger partial charge in [0.25, 0.3) is 0 Å². The van der Waals surface area contributed by atoms with Gasteiger partial charge in [-0.15, -0.1) is 0 Å². The zero-order chi connectivity index (χ0) is 87.2. The number of unbranched alkanes of at least 4 members (excludes halogenated alkanes) is 5. The largest absolute Gasteiger partial charge is 0.489 e. The van der Waals surface area contributed by atoms with Crippen molar-refractivity contribution in [1.29, 1.82) is 0 Å². The summed E-state index contributed by atoms with van der Waals surface area (Å²) in [5.41, 5.74) is -1.38. The lowest BCUT2D eigenvalue weighted by Crippen LogP contribution is -2.60. The molecule has 1 fully saturated rings. The van der Waals surface area contributed by atoms with Gasteiger partial charge in [-0.25, -0.2) is 14.4 Å². The van der Waals surface area contributed by atoms with Crippen molar-refractivity contribution in [2.24, 2.45) is 5.92 Å². The third kappa shape index (κ3) is 23.1. The number of aliphatic hydroxyl groups excluding tert-OH is 6. The highest BCUT2D eigenvalue weighted by atomic mass is 35.5. The van der Waals surface area contributed by atoms with Gasteiger partial charge in [-0.2, -0.15) is 0 Å². The van der Waals surface area contributed by atoms with Gasteiger partial charge in [0, 0.05) is 36.3 Å². The second-order valence-electron chi connectivity index (χ2n) is 28.8. The molecule has 5 aromatic carbocycles. The molecule has 0 radical (unpaired) electrons. The van der Waals surface area contributed by atoms with Crippen LogP contribution in [-0.2, 0) is 52.6 Å². The average Bonchev–Trinajstić information content (AvgIpc) is 0.760. The number of carbonyl (C=O) groups excluding carboxylic acids is 10. The number of hydrogen-bond donors (Lipinski definition) is 14. The first kappa shape index (κ1) is 92.3. The fraction of sp³-hybridized carbons (Fsp3) is 0.405. The molecule has 0 aliphatic carbocycles. The number of ether oxygens (including phenoxy) is 9. The number of rotatable bonds is 31. The van der Waals surface area contributed by atoms with Gasteiger partial charge in [-0.05, 0) is 95.6 Å². The number of nitrogens with zero attached hydrogens (tertiary/aromatic N) is 1. The van der Waals surface area contributed by atoms with Crippen LogP contribution in [0.25, 0.3) is 11.1 Å². The molecule has 120 heavy (non-hydrogen) atoms. The molecule has 0 spiro atoms. The molecule has 14 N–H and O–H groups in total. The van der Waals surface area contributed by atoms with E-state index in [2.05, 4.69) is 82.4 Å². The van der Waals surface area contributed by atoms with Crippen molar-refractivity contribution in [1.82, 2.24) is 47.4 Å². The van der Waals surface area contributed by atoms with Gasteiger partial charge in [0.05, 0.1) is 23.1 Å². The second-order valence-corrected chi connectivity index (χ2v) is 29.6. The second kappa shape index (κ2) is 43.4. The Morgan fingerprint density at radius 3 is 1.81 bits per heavy atom. The maximum absolute atomic E-state index is 16.6. The fourth-order valence-corrected chi connectivity index (χ4v) is 13.9. The molecule has 34 nitrogen and oxygen atoms in total. The Morgan fingerprint density at radius 2 is 1.18 bits per heavy atom. The van der Waals surface area contributed by atoms with Crippen LogP contribution in [0.5, 0.6) is 46.0 Å². The molecule has 644 valence electrons. The monoisotopic (exact) mass is 1700 g/mol. The minimum absolute atomic E-state index is 0.0164. The number of likely N-dealkylation sites (N-methyl/N-ethyl adjacent to an activating group) is 1. The molecule has 5 aromatic rings. The Balaban J connectivity index is 1.34. The standard InChI is InChI=1S/C84H99Cl2N9O25/c1-10-16-17-18-19-20-27-87-83(110)89-62(97)41-53-75(103)90-65-47-37-59(117-56-25-22-45(35-51(56)85)69(98)67(79(107)88-53)93-76(104)54(33-43(7)8)95(9)84(111)116-32-15-6)74(120-82-73(102)72(101)71(100)61(42-96)119-82)60(38-47)118-57-26-23-46(36-52(57)86)70(99)68-80(108)92-66(81(109)115-31-14-5)50-39-48(112-28-11-2)40-58(114-30-13-4)63(50)49-34-44(21-24-55(49)113-29-12-3)64(77(105)94-68)91-78(65)106/h11-15,21-26,34-40,43,53-54,61,64-73,82,96,98-102H,2-6,10,16-20,27-33,41-42H2,1,7-9H3,(H,88,107)(H,90,103)(H,91,106)(H,92,108)(H,93,104)(H,94,105)(H2,87,89,97,110)/t53?,54-,61-,64-,65?,66?,67?,68+,69-,70-,71-,72+,73-,82+/m1/s1. The Kier molecular flexibility index (Phi) is 33.4. The number of amides is 10. The summed E-state index contributed by atoms with van der Waals surface area (Å²) >= 11 is 14.3. The summed E-state index contributed by atoms with van der Waals surface area (Å²) in [6.45, 7) is 22.0. The maximum atomic E-state index is 16.6. The first-order valence-electron chi connectivity index (χ1n) is 38.7. The highest BCUT2D eigenvalue weighted by molar-refractivity contribution is 6.32. The molecular formula is C84H99Cl2N9O25. The average molecular weight is 1710 g/mol. The van der Waals surface area contributed by atoms with Gasteiger partial charge in [-0.3, -0.25) is 43.8 Å². The van der Waals surface area contributed by atoms with Crippen molar-refractivity contribution >= 4 is 82.6 Å². The highest BCUT2D eigenvalue weighted by Crippen LogP contribution is 2.50. The van der Waals surface area contributed by atoms with Crippen LogP contribution in [0.2, 0.25) is 10.0 Å². The molecule has 11 rings (SSSR count). The topological polar surface area (TPSA) is 475 Å². The minimum Gasteiger partial charge on any atom is -0.489 e.